The number of hydrogen-bond donors (Lipinski definition) is 2. The number of carbonyl (C=O) groups is 2. The lowest BCUT2D eigenvalue weighted by Crippen LogP contribution is -2.34. The molecule has 7 heteroatoms. The molecule has 2 aromatic rings. The zero-order chi connectivity index (χ0) is 17.3. The molecule has 24 heavy (non-hydrogen) atoms. The van der Waals surface area contributed by atoms with Crippen molar-refractivity contribution < 1.29 is 14.7 Å². The van der Waals surface area contributed by atoms with Crippen LogP contribution in [0, 0.1) is 0 Å². The quantitative estimate of drug-likeness (QED) is 0.865. The molecule has 1 atom stereocenters. The molecule has 0 spiro atoms. The molecule has 0 bridgehead atoms. The highest BCUT2D eigenvalue weighted by molar-refractivity contribution is 6.33. The van der Waals surface area contributed by atoms with Crippen molar-refractivity contribution in [3.8, 4) is 0 Å². The molecular weight excluding hydrogens is 351 g/mol. The van der Waals surface area contributed by atoms with Crippen LogP contribution < -0.4 is 21.1 Å². The van der Waals surface area contributed by atoms with Gasteiger partial charge in [0, 0.05) is 22.5 Å². The summed E-state index contributed by atoms with van der Waals surface area (Å²) in [4.78, 5) is 23.6. The molecule has 2 amide bonds. The van der Waals surface area contributed by atoms with E-state index >= 15 is 0 Å². The van der Waals surface area contributed by atoms with Gasteiger partial charge in [-0.05, 0) is 35.0 Å². The normalized spacial score (nSPS) is 13.9. The fraction of sp³-hybridized carbons (Fsp3) is 0.0588. The van der Waals surface area contributed by atoms with Gasteiger partial charge in [-0.25, -0.2) is 5.32 Å². The lowest BCUT2D eigenvalue weighted by Gasteiger charge is -2.13. The van der Waals surface area contributed by atoms with E-state index in [2.05, 4.69) is 10.6 Å². The van der Waals surface area contributed by atoms with Crippen LogP contribution in [-0.2, 0) is 9.59 Å². The number of fused-ring (bicyclic) bond motifs is 1. The predicted molar refractivity (Wildman–Crippen MR) is 91.8 cm³/mol. The number of aliphatic hydroxyl groups is 1. The van der Waals surface area contributed by atoms with Gasteiger partial charge < -0.3 is 10.4 Å². The molecule has 0 fully saturated rings. The van der Waals surface area contributed by atoms with Crippen LogP contribution in [0.1, 0.15) is 11.7 Å². The fourth-order valence-electron chi connectivity index (χ4n) is 2.27. The van der Waals surface area contributed by atoms with E-state index in [1.807, 2.05) is 0 Å². The number of nitrogens with zero attached hydrogens (tertiary/aromatic N) is 1. The number of halogens is 2. The maximum Gasteiger partial charge on any atom is 0.270 e. The molecule has 0 aliphatic carbocycles. The van der Waals surface area contributed by atoms with Crippen molar-refractivity contribution in [3.05, 3.63) is 62.4 Å². The van der Waals surface area contributed by atoms with Crippen molar-refractivity contribution >= 4 is 53.0 Å². The van der Waals surface area contributed by atoms with Gasteiger partial charge in [-0.15, -0.1) is 0 Å². The number of nitrogens with one attached hydrogen (secondary N) is 1. The molecule has 2 N–H and O–H groups in total. The first-order chi connectivity index (χ1) is 11.4. The summed E-state index contributed by atoms with van der Waals surface area (Å²) in [6.45, 7) is 0. The van der Waals surface area contributed by atoms with Gasteiger partial charge >= 0.3 is 0 Å². The van der Waals surface area contributed by atoms with Crippen LogP contribution >= 0.6 is 23.2 Å². The van der Waals surface area contributed by atoms with Crippen LogP contribution in [0.5, 0.6) is 0 Å². The Balaban J connectivity index is 1.89. The summed E-state index contributed by atoms with van der Waals surface area (Å²) >= 11 is 12.0. The maximum absolute atomic E-state index is 12.2. The summed E-state index contributed by atoms with van der Waals surface area (Å²) in [5, 5.41) is 18.3. The first-order valence-electron chi connectivity index (χ1n) is 6.95. The maximum atomic E-state index is 12.2. The Morgan fingerprint density at radius 3 is 2.71 bits per heavy atom. The van der Waals surface area contributed by atoms with Gasteiger partial charge in [0.1, 0.15) is 0 Å². The largest absolute Gasteiger partial charge is 0.378 e. The standard InChI is InChI=1S/C17H11Cl2N2O3/c18-12-3-1-2-9(4-12)16(23)17(24)21-14-6-10-7-15(22)20-8-11(10)5-13(14)19/h1-8,16,23H,(H,21,24)/t16-/m1/s1. The highest BCUT2D eigenvalue weighted by Crippen LogP contribution is 2.22. The van der Waals surface area contributed by atoms with E-state index in [-0.39, 0.29) is 10.9 Å². The van der Waals surface area contributed by atoms with Crippen LogP contribution in [0.4, 0.5) is 5.69 Å². The second kappa shape index (κ2) is 6.65. The van der Waals surface area contributed by atoms with E-state index in [4.69, 9.17) is 23.2 Å². The van der Waals surface area contributed by atoms with Crippen molar-refractivity contribution in [2.24, 2.45) is 0 Å². The monoisotopic (exact) mass is 361 g/mol. The van der Waals surface area contributed by atoms with E-state index in [1.165, 1.54) is 18.3 Å². The molecule has 3 rings (SSSR count). The average molecular weight is 362 g/mol. The lowest BCUT2D eigenvalue weighted by molar-refractivity contribution is -0.124. The van der Waals surface area contributed by atoms with Gasteiger partial charge in [0.25, 0.3) is 11.8 Å². The highest BCUT2D eigenvalue weighted by Gasteiger charge is 2.19. The van der Waals surface area contributed by atoms with Crippen molar-refractivity contribution in [2.75, 3.05) is 5.32 Å². The van der Waals surface area contributed by atoms with Crippen molar-refractivity contribution in [1.29, 1.82) is 0 Å². The van der Waals surface area contributed by atoms with Gasteiger partial charge in [-0.2, -0.15) is 0 Å². The van der Waals surface area contributed by atoms with Crippen molar-refractivity contribution in [3.63, 3.8) is 0 Å². The number of carbonyl (C=O) groups excluding carboxylic acids is 2. The number of hydrogen-bond acceptors (Lipinski definition) is 3. The third kappa shape index (κ3) is 3.43. The first kappa shape index (κ1) is 16.5. The molecular formula is C17H11Cl2N2O3. The fourth-order valence-corrected chi connectivity index (χ4v) is 2.69. The van der Waals surface area contributed by atoms with Crippen molar-refractivity contribution in [1.82, 2.24) is 5.32 Å². The Kier molecular flexibility index (Phi) is 4.57. The van der Waals surface area contributed by atoms with Gasteiger partial charge in [0.15, 0.2) is 6.10 Å². The minimum atomic E-state index is -1.40. The van der Waals surface area contributed by atoms with E-state index in [0.29, 0.717) is 26.7 Å². The van der Waals surface area contributed by atoms with Crippen LogP contribution in [-0.4, -0.2) is 16.9 Å². The second-order valence-electron chi connectivity index (χ2n) is 5.15. The molecule has 1 heterocycles. The second-order valence-corrected chi connectivity index (χ2v) is 5.99. The topological polar surface area (TPSA) is 80.5 Å². The zero-order valence-electron chi connectivity index (χ0n) is 12.2. The van der Waals surface area contributed by atoms with E-state index in [0.717, 1.165) is 0 Å². The van der Waals surface area contributed by atoms with Crippen LogP contribution in [0.25, 0.3) is 12.3 Å². The summed E-state index contributed by atoms with van der Waals surface area (Å²) in [6.07, 6.45) is 1.35. The number of benzene rings is 2. The first-order valence-corrected chi connectivity index (χ1v) is 7.70. The molecule has 0 unspecified atom stereocenters. The van der Waals surface area contributed by atoms with E-state index < -0.39 is 12.0 Å². The summed E-state index contributed by atoms with van der Waals surface area (Å²) in [6, 6.07) is 9.52. The molecule has 1 aliphatic heterocycles. The Morgan fingerprint density at radius 1 is 1.17 bits per heavy atom. The van der Waals surface area contributed by atoms with Crippen molar-refractivity contribution in [2.45, 2.75) is 6.10 Å². The Labute approximate surface area is 147 Å². The molecule has 5 nitrogen and oxygen atoms in total. The molecule has 0 aromatic heterocycles. The highest BCUT2D eigenvalue weighted by atomic mass is 35.5. The number of amides is 2. The predicted octanol–water partition coefficient (Wildman–Crippen LogP) is 1.33. The Hall–Kier alpha value is -2.34. The summed E-state index contributed by atoms with van der Waals surface area (Å²) in [5.74, 6) is -1.05. The van der Waals surface area contributed by atoms with Gasteiger partial charge in [-0.3, -0.25) is 9.59 Å². The number of rotatable bonds is 3. The molecule has 1 radical (unpaired) electrons. The minimum Gasteiger partial charge on any atom is -0.378 e. The van der Waals surface area contributed by atoms with Crippen LogP contribution in [0.3, 0.4) is 0 Å². The van der Waals surface area contributed by atoms with E-state index in [9.17, 15) is 14.7 Å². The number of aliphatic hydroxyl groups excluding tert-OH is 1. The van der Waals surface area contributed by atoms with E-state index in [1.54, 1.807) is 30.3 Å². The molecule has 0 saturated heterocycles. The lowest BCUT2D eigenvalue weighted by atomic mass is 10.1. The Morgan fingerprint density at radius 2 is 1.96 bits per heavy atom. The van der Waals surface area contributed by atoms with Gasteiger partial charge in [-0.1, -0.05) is 35.3 Å². The summed E-state index contributed by atoms with van der Waals surface area (Å²) in [5.41, 5.74) is 0.656. The summed E-state index contributed by atoms with van der Waals surface area (Å²) in [7, 11) is 0. The number of anilines is 1. The smallest absolute Gasteiger partial charge is 0.270 e. The Bertz CT molecular complexity index is 957. The molecule has 121 valence electrons. The summed E-state index contributed by atoms with van der Waals surface area (Å²) < 4.78 is 0. The van der Waals surface area contributed by atoms with Crippen LogP contribution in [0.15, 0.2) is 36.4 Å². The third-order valence-electron chi connectivity index (χ3n) is 3.45. The third-order valence-corrected chi connectivity index (χ3v) is 4.00. The zero-order valence-corrected chi connectivity index (χ0v) is 13.7. The SMILES string of the molecule is O=C1C=c2cc(NC(=O)[C@H](O)c3cccc(Cl)c3)c(Cl)cc2=C[N]1. The molecule has 2 aromatic carbocycles. The minimum absolute atomic E-state index is 0.273. The van der Waals surface area contributed by atoms with Crippen LogP contribution in [0.2, 0.25) is 10.0 Å². The average Bonchev–Trinajstić information content (AvgIpc) is 2.55. The molecule has 0 saturated carbocycles. The van der Waals surface area contributed by atoms with Gasteiger partial charge in [0.2, 0.25) is 0 Å². The van der Waals surface area contributed by atoms with Gasteiger partial charge in [0.05, 0.1) is 10.7 Å². The molecule has 1 aliphatic rings.